The predicted molar refractivity (Wildman–Crippen MR) is 111 cm³/mol. The Balaban J connectivity index is 1.39. The van der Waals surface area contributed by atoms with Crippen LogP contribution < -0.4 is 0 Å². The van der Waals surface area contributed by atoms with Crippen molar-refractivity contribution in [2.45, 2.75) is 39.2 Å². The van der Waals surface area contributed by atoms with Gasteiger partial charge in [-0.05, 0) is 38.3 Å². The first-order valence-corrected chi connectivity index (χ1v) is 10.1. The molecule has 8 heteroatoms. The summed E-state index contributed by atoms with van der Waals surface area (Å²) < 4.78 is 1.62. The normalized spacial score (nSPS) is 16.1. The fraction of sp³-hybridized carbons (Fsp3) is 0.318. The van der Waals surface area contributed by atoms with Gasteiger partial charge in [0.25, 0.3) is 11.7 Å². The number of rotatable bonds is 4. The van der Waals surface area contributed by atoms with Gasteiger partial charge in [0.1, 0.15) is 0 Å². The second-order valence-corrected chi connectivity index (χ2v) is 7.86. The Kier molecular flexibility index (Phi) is 4.54. The van der Waals surface area contributed by atoms with Crippen molar-refractivity contribution in [2.75, 3.05) is 6.54 Å². The zero-order valence-corrected chi connectivity index (χ0v) is 17.0. The topological polar surface area (TPSA) is 92.1 Å². The Labute approximate surface area is 174 Å². The number of hydrogen-bond acceptors (Lipinski definition) is 5. The van der Waals surface area contributed by atoms with Crippen molar-refractivity contribution < 1.29 is 4.79 Å². The van der Waals surface area contributed by atoms with Crippen molar-refractivity contribution in [3.63, 3.8) is 0 Å². The van der Waals surface area contributed by atoms with Crippen LogP contribution in [0.15, 0.2) is 42.7 Å². The minimum atomic E-state index is -0.178. The van der Waals surface area contributed by atoms with Crippen LogP contribution in [-0.4, -0.2) is 46.9 Å². The standard InChI is InChI=1S/C22H23N7O/c1-14-10-15(2)29-22(25-14)26-20(27-29)21(30)28-11-17(19-18(12-28)23-13-24-19)9-8-16-6-4-3-5-7-16/h3-7,10,13,17H,8-9,11-12H2,1-2H3,(H,23,24). The van der Waals surface area contributed by atoms with E-state index in [1.165, 1.54) is 5.56 Å². The molecule has 5 rings (SSSR count). The van der Waals surface area contributed by atoms with Crippen molar-refractivity contribution in [1.29, 1.82) is 0 Å². The molecule has 1 aliphatic heterocycles. The summed E-state index contributed by atoms with van der Waals surface area (Å²) in [7, 11) is 0. The van der Waals surface area contributed by atoms with E-state index in [2.05, 4.69) is 49.3 Å². The highest BCUT2D eigenvalue weighted by Gasteiger charge is 2.32. The third-order valence-corrected chi connectivity index (χ3v) is 5.65. The second-order valence-electron chi connectivity index (χ2n) is 7.86. The average Bonchev–Trinajstić information content (AvgIpc) is 3.39. The summed E-state index contributed by atoms with van der Waals surface area (Å²) in [4.78, 5) is 31.6. The number of aryl methyl sites for hydroxylation is 3. The summed E-state index contributed by atoms with van der Waals surface area (Å²) in [5.41, 5.74) is 5.09. The third kappa shape index (κ3) is 3.34. The van der Waals surface area contributed by atoms with E-state index in [1.807, 2.05) is 30.9 Å². The van der Waals surface area contributed by atoms with Gasteiger partial charge in [-0.2, -0.15) is 4.98 Å². The van der Waals surface area contributed by atoms with Crippen LogP contribution in [0.1, 0.15) is 51.3 Å². The highest BCUT2D eigenvalue weighted by molar-refractivity contribution is 5.91. The van der Waals surface area contributed by atoms with Crippen molar-refractivity contribution in [3.8, 4) is 0 Å². The Bertz CT molecular complexity index is 1210. The van der Waals surface area contributed by atoms with Gasteiger partial charge in [0.05, 0.1) is 24.3 Å². The van der Waals surface area contributed by atoms with Crippen molar-refractivity contribution in [1.82, 2.24) is 34.4 Å². The van der Waals surface area contributed by atoms with E-state index in [0.29, 0.717) is 18.9 Å². The fourth-order valence-corrected chi connectivity index (χ4v) is 4.18. The molecule has 0 spiro atoms. The van der Waals surface area contributed by atoms with Crippen LogP contribution in [0, 0.1) is 13.8 Å². The maximum atomic E-state index is 13.2. The molecule has 1 atom stereocenters. The summed E-state index contributed by atoms with van der Waals surface area (Å²) in [5.74, 6) is 0.627. The SMILES string of the molecule is Cc1cc(C)n2nc(C(=O)N3Cc4[nH]cnc4C(CCc4ccccc4)C3)nc2n1. The van der Waals surface area contributed by atoms with Crippen LogP contribution >= 0.6 is 0 Å². The average molecular weight is 401 g/mol. The number of carbonyl (C=O) groups excluding carboxylic acids is 1. The van der Waals surface area contributed by atoms with Gasteiger partial charge in [-0.25, -0.2) is 14.5 Å². The quantitative estimate of drug-likeness (QED) is 0.568. The number of amides is 1. The van der Waals surface area contributed by atoms with Crippen LogP contribution in [-0.2, 0) is 13.0 Å². The monoisotopic (exact) mass is 401 g/mol. The number of nitrogens with zero attached hydrogens (tertiary/aromatic N) is 6. The molecule has 0 saturated carbocycles. The summed E-state index contributed by atoms with van der Waals surface area (Å²) in [6, 6.07) is 12.3. The highest BCUT2D eigenvalue weighted by Crippen LogP contribution is 2.30. The predicted octanol–water partition coefficient (Wildman–Crippen LogP) is 2.84. The Morgan fingerprint density at radius 2 is 2.03 bits per heavy atom. The second kappa shape index (κ2) is 7.37. The molecule has 0 aliphatic carbocycles. The van der Waals surface area contributed by atoms with Gasteiger partial charge in [0.2, 0.25) is 5.82 Å². The first-order chi connectivity index (χ1) is 14.6. The number of fused-ring (bicyclic) bond motifs is 2. The first-order valence-electron chi connectivity index (χ1n) is 10.1. The Hall–Kier alpha value is -3.55. The van der Waals surface area contributed by atoms with Gasteiger partial charge in [0.15, 0.2) is 0 Å². The van der Waals surface area contributed by atoms with Gasteiger partial charge in [-0.1, -0.05) is 30.3 Å². The molecular weight excluding hydrogens is 378 g/mol. The number of H-pyrrole nitrogens is 1. The van der Waals surface area contributed by atoms with Crippen molar-refractivity contribution >= 4 is 11.7 Å². The lowest BCUT2D eigenvalue weighted by Gasteiger charge is -2.31. The van der Waals surface area contributed by atoms with Crippen molar-refractivity contribution in [2.24, 2.45) is 0 Å². The number of imidazole rings is 1. The molecule has 0 radical (unpaired) electrons. The summed E-state index contributed by atoms with van der Waals surface area (Å²) >= 11 is 0. The van der Waals surface area contributed by atoms with E-state index in [-0.39, 0.29) is 17.6 Å². The molecule has 0 bridgehead atoms. The molecule has 4 heterocycles. The molecule has 1 aliphatic rings. The molecule has 1 amide bonds. The molecule has 1 N–H and O–H groups in total. The molecule has 1 unspecified atom stereocenters. The highest BCUT2D eigenvalue weighted by atomic mass is 16.2. The van der Waals surface area contributed by atoms with Gasteiger partial charge in [0, 0.05) is 23.9 Å². The molecule has 8 nitrogen and oxygen atoms in total. The van der Waals surface area contributed by atoms with Crippen LogP contribution in [0.2, 0.25) is 0 Å². The molecular formula is C22H23N7O. The van der Waals surface area contributed by atoms with Gasteiger partial charge >= 0.3 is 0 Å². The van der Waals surface area contributed by atoms with E-state index < -0.39 is 0 Å². The lowest BCUT2D eigenvalue weighted by atomic mass is 9.92. The minimum Gasteiger partial charge on any atom is -0.347 e. The van der Waals surface area contributed by atoms with Crippen LogP contribution in [0.25, 0.3) is 5.78 Å². The summed E-state index contributed by atoms with van der Waals surface area (Å²) in [6.07, 6.45) is 3.58. The lowest BCUT2D eigenvalue weighted by Crippen LogP contribution is -2.39. The zero-order valence-electron chi connectivity index (χ0n) is 17.0. The van der Waals surface area contributed by atoms with Crippen molar-refractivity contribution in [3.05, 3.63) is 76.9 Å². The van der Waals surface area contributed by atoms with Crippen LogP contribution in [0.4, 0.5) is 0 Å². The molecule has 0 saturated heterocycles. The van der Waals surface area contributed by atoms with Gasteiger partial charge in [-0.15, -0.1) is 5.10 Å². The number of aromatic amines is 1. The molecule has 0 fully saturated rings. The maximum absolute atomic E-state index is 13.2. The molecule has 152 valence electrons. The number of aromatic nitrogens is 6. The third-order valence-electron chi connectivity index (χ3n) is 5.65. The van der Waals surface area contributed by atoms with E-state index in [4.69, 9.17) is 0 Å². The smallest absolute Gasteiger partial charge is 0.293 e. The number of nitrogens with one attached hydrogen (secondary N) is 1. The van der Waals surface area contributed by atoms with Gasteiger partial charge < -0.3 is 9.88 Å². The van der Waals surface area contributed by atoms with E-state index >= 15 is 0 Å². The zero-order chi connectivity index (χ0) is 20.7. The van der Waals surface area contributed by atoms with E-state index in [1.54, 1.807) is 10.8 Å². The summed E-state index contributed by atoms with van der Waals surface area (Å²) in [6.45, 7) is 4.93. The molecule has 3 aromatic heterocycles. The lowest BCUT2D eigenvalue weighted by molar-refractivity contribution is 0.0699. The Morgan fingerprint density at radius 1 is 1.20 bits per heavy atom. The number of hydrogen-bond donors (Lipinski definition) is 1. The van der Waals surface area contributed by atoms with E-state index in [0.717, 1.165) is 35.6 Å². The number of benzene rings is 1. The molecule has 1 aromatic carbocycles. The molecule has 30 heavy (non-hydrogen) atoms. The minimum absolute atomic E-state index is 0.170. The van der Waals surface area contributed by atoms with Gasteiger partial charge in [-0.3, -0.25) is 4.79 Å². The summed E-state index contributed by atoms with van der Waals surface area (Å²) in [5, 5.41) is 4.42. The largest absolute Gasteiger partial charge is 0.347 e. The van der Waals surface area contributed by atoms with Crippen LogP contribution in [0.5, 0.6) is 0 Å². The van der Waals surface area contributed by atoms with E-state index in [9.17, 15) is 4.79 Å². The fourth-order valence-electron chi connectivity index (χ4n) is 4.18. The maximum Gasteiger partial charge on any atom is 0.293 e. The molecule has 4 aromatic rings. The van der Waals surface area contributed by atoms with Crippen LogP contribution in [0.3, 0.4) is 0 Å². The number of carbonyl (C=O) groups is 1. The Morgan fingerprint density at radius 3 is 2.87 bits per heavy atom. The first kappa shape index (κ1) is 18.5.